The Morgan fingerprint density at radius 3 is 1.67 bits per heavy atom. The number of rotatable bonds is 4. The number of hydrogen-bond acceptors (Lipinski definition) is 3. The number of anilines is 3. The normalized spacial score (nSPS) is 11.7. The predicted molar refractivity (Wildman–Crippen MR) is 179 cm³/mol. The summed E-state index contributed by atoms with van der Waals surface area (Å²) in [5, 5.41) is 6.92. The van der Waals surface area contributed by atoms with Gasteiger partial charge < -0.3 is 13.7 Å². The summed E-state index contributed by atoms with van der Waals surface area (Å²) in [5.41, 5.74) is 9.25. The number of para-hydroxylation sites is 3. The van der Waals surface area contributed by atoms with Crippen LogP contribution in [-0.2, 0) is 0 Å². The van der Waals surface area contributed by atoms with Crippen LogP contribution in [0.2, 0.25) is 0 Å². The fourth-order valence-electron chi connectivity index (χ4n) is 6.33. The summed E-state index contributed by atoms with van der Waals surface area (Å²) in [7, 11) is 0. The van der Waals surface area contributed by atoms with E-state index in [-0.39, 0.29) is 0 Å². The van der Waals surface area contributed by atoms with Crippen molar-refractivity contribution in [3.8, 4) is 11.1 Å². The van der Waals surface area contributed by atoms with Gasteiger partial charge in [-0.1, -0.05) is 78.9 Å². The van der Waals surface area contributed by atoms with E-state index in [1.807, 2.05) is 24.3 Å². The van der Waals surface area contributed by atoms with Crippen LogP contribution in [0.4, 0.5) is 17.1 Å². The number of nitrogens with zero attached hydrogens (tertiary/aromatic N) is 1. The Bertz CT molecular complexity index is 2450. The molecule has 3 heteroatoms. The largest absolute Gasteiger partial charge is 0.456 e. The first-order valence-electron chi connectivity index (χ1n) is 14.5. The molecule has 202 valence electrons. The van der Waals surface area contributed by atoms with Crippen LogP contribution in [0.5, 0.6) is 0 Å². The molecule has 0 aliphatic rings. The number of hydrogen-bond donors (Lipinski definition) is 0. The molecule has 0 N–H and O–H groups in total. The lowest BCUT2D eigenvalue weighted by Crippen LogP contribution is -2.09. The molecule has 0 spiro atoms. The Labute approximate surface area is 247 Å². The van der Waals surface area contributed by atoms with Gasteiger partial charge in [-0.3, -0.25) is 0 Å². The highest BCUT2D eigenvalue weighted by Crippen LogP contribution is 2.39. The van der Waals surface area contributed by atoms with Gasteiger partial charge in [-0.15, -0.1) is 0 Å². The van der Waals surface area contributed by atoms with E-state index < -0.39 is 0 Å². The number of benzene rings is 7. The second kappa shape index (κ2) is 9.37. The molecule has 43 heavy (non-hydrogen) atoms. The highest BCUT2D eigenvalue weighted by Gasteiger charge is 2.16. The topological polar surface area (TPSA) is 29.5 Å². The average Bonchev–Trinajstić information content (AvgIpc) is 3.62. The molecule has 0 bridgehead atoms. The molecule has 2 heterocycles. The zero-order valence-electron chi connectivity index (χ0n) is 23.2. The predicted octanol–water partition coefficient (Wildman–Crippen LogP) is 11.8. The van der Waals surface area contributed by atoms with Gasteiger partial charge in [0.25, 0.3) is 0 Å². The van der Waals surface area contributed by atoms with Crippen LogP contribution < -0.4 is 4.90 Å². The highest BCUT2D eigenvalue weighted by molar-refractivity contribution is 6.10. The van der Waals surface area contributed by atoms with Gasteiger partial charge in [0, 0.05) is 38.6 Å². The summed E-state index contributed by atoms with van der Waals surface area (Å²) in [6, 6.07) is 53.3. The molecular weight excluding hydrogens is 526 g/mol. The van der Waals surface area contributed by atoms with Crippen molar-refractivity contribution < 1.29 is 8.83 Å². The van der Waals surface area contributed by atoms with Crippen LogP contribution in [0.3, 0.4) is 0 Å². The molecule has 0 aliphatic carbocycles. The monoisotopic (exact) mass is 551 g/mol. The molecule has 0 unspecified atom stereocenters. The van der Waals surface area contributed by atoms with E-state index in [1.54, 1.807) is 0 Å². The third-order valence-corrected chi connectivity index (χ3v) is 8.43. The van der Waals surface area contributed by atoms with Gasteiger partial charge in [0.15, 0.2) is 0 Å². The highest BCUT2D eigenvalue weighted by atomic mass is 16.3. The standard InChI is InChI=1S/C40H25NO2/c1-2-8-30(9-3-1)41(32-20-21-39-36(25-32)34-11-5-6-12-37(34)42-39)31-18-16-26(17-19-31)27-14-15-28-23-35-33-10-4-7-13-38(33)43-40(35)24-29(28)22-27/h1-25H. The quantitative estimate of drug-likeness (QED) is 0.218. The Morgan fingerprint density at radius 2 is 0.907 bits per heavy atom. The van der Waals surface area contributed by atoms with E-state index in [0.717, 1.165) is 60.9 Å². The molecule has 0 fully saturated rings. The Kier molecular flexibility index (Phi) is 5.20. The average molecular weight is 552 g/mol. The molecule has 3 nitrogen and oxygen atoms in total. The van der Waals surface area contributed by atoms with E-state index in [2.05, 4.69) is 132 Å². The van der Waals surface area contributed by atoms with Crippen LogP contribution in [-0.4, -0.2) is 0 Å². The van der Waals surface area contributed by atoms with Gasteiger partial charge in [0.1, 0.15) is 22.3 Å². The minimum absolute atomic E-state index is 0.893. The lowest BCUT2D eigenvalue weighted by Gasteiger charge is -2.25. The Balaban J connectivity index is 1.12. The van der Waals surface area contributed by atoms with Gasteiger partial charge in [0.05, 0.1) is 0 Å². The van der Waals surface area contributed by atoms with Crippen molar-refractivity contribution in [1.29, 1.82) is 0 Å². The van der Waals surface area contributed by atoms with Crippen molar-refractivity contribution in [2.24, 2.45) is 0 Å². The third kappa shape index (κ3) is 3.90. The van der Waals surface area contributed by atoms with Gasteiger partial charge >= 0.3 is 0 Å². The van der Waals surface area contributed by atoms with E-state index >= 15 is 0 Å². The summed E-state index contributed by atoms with van der Waals surface area (Å²) >= 11 is 0. The van der Waals surface area contributed by atoms with Crippen LogP contribution in [0.25, 0.3) is 65.8 Å². The first-order chi connectivity index (χ1) is 21.3. The summed E-state index contributed by atoms with van der Waals surface area (Å²) in [6.45, 7) is 0. The molecule has 7 aromatic carbocycles. The van der Waals surface area contributed by atoms with E-state index in [1.165, 1.54) is 21.9 Å². The molecule has 9 aromatic rings. The lowest BCUT2D eigenvalue weighted by atomic mass is 9.99. The van der Waals surface area contributed by atoms with Crippen molar-refractivity contribution >= 4 is 71.7 Å². The molecule has 0 radical (unpaired) electrons. The molecule has 0 saturated heterocycles. The molecule has 0 amide bonds. The molecule has 9 rings (SSSR count). The van der Waals surface area contributed by atoms with Gasteiger partial charge in [-0.2, -0.15) is 0 Å². The molecule has 2 aromatic heterocycles. The fraction of sp³-hybridized carbons (Fsp3) is 0. The molecular formula is C40H25NO2. The van der Waals surface area contributed by atoms with Crippen LogP contribution in [0.1, 0.15) is 0 Å². The molecule has 0 atom stereocenters. The lowest BCUT2D eigenvalue weighted by molar-refractivity contribution is 0.668. The first-order valence-corrected chi connectivity index (χ1v) is 14.5. The molecule has 0 saturated carbocycles. The summed E-state index contributed by atoms with van der Waals surface area (Å²) in [5.74, 6) is 0. The zero-order valence-corrected chi connectivity index (χ0v) is 23.2. The maximum Gasteiger partial charge on any atom is 0.136 e. The van der Waals surface area contributed by atoms with E-state index in [4.69, 9.17) is 8.83 Å². The van der Waals surface area contributed by atoms with Crippen LogP contribution in [0, 0.1) is 0 Å². The first kappa shape index (κ1) is 23.9. The number of furan rings is 2. The maximum atomic E-state index is 6.17. The second-order valence-electron chi connectivity index (χ2n) is 11.0. The van der Waals surface area contributed by atoms with Crippen molar-refractivity contribution in [3.05, 3.63) is 152 Å². The van der Waals surface area contributed by atoms with E-state index in [0.29, 0.717) is 0 Å². The molecule has 0 aliphatic heterocycles. The van der Waals surface area contributed by atoms with Crippen molar-refractivity contribution in [2.45, 2.75) is 0 Å². The third-order valence-electron chi connectivity index (χ3n) is 8.43. The summed E-state index contributed by atoms with van der Waals surface area (Å²) in [6.07, 6.45) is 0. The van der Waals surface area contributed by atoms with Crippen molar-refractivity contribution in [3.63, 3.8) is 0 Å². The minimum atomic E-state index is 0.893. The van der Waals surface area contributed by atoms with Gasteiger partial charge in [-0.25, -0.2) is 0 Å². The van der Waals surface area contributed by atoms with Gasteiger partial charge in [-0.05, 0) is 94.7 Å². The number of fused-ring (bicyclic) bond motifs is 7. The Morgan fingerprint density at radius 1 is 0.326 bits per heavy atom. The zero-order chi connectivity index (χ0) is 28.3. The van der Waals surface area contributed by atoms with Gasteiger partial charge in [0.2, 0.25) is 0 Å². The van der Waals surface area contributed by atoms with Crippen LogP contribution in [0.15, 0.2) is 160 Å². The fourth-order valence-corrected chi connectivity index (χ4v) is 6.33. The minimum Gasteiger partial charge on any atom is -0.456 e. The van der Waals surface area contributed by atoms with E-state index in [9.17, 15) is 0 Å². The smallest absolute Gasteiger partial charge is 0.136 e. The maximum absolute atomic E-state index is 6.17. The Hall–Kier alpha value is -5.80. The SMILES string of the molecule is c1ccc(N(c2ccc(-c3ccc4cc5c(cc4c3)oc3ccccc35)cc2)c2ccc3oc4ccccc4c3c2)cc1. The van der Waals surface area contributed by atoms with Crippen molar-refractivity contribution in [2.75, 3.05) is 4.90 Å². The second-order valence-corrected chi connectivity index (χ2v) is 11.0. The summed E-state index contributed by atoms with van der Waals surface area (Å²) in [4.78, 5) is 2.30. The van der Waals surface area contributed by atoms with Crippen molar-refractivity contribution in [1.82, 2.24) is 0 Å². The van der Waals surface area contributed by atoms with Crippen LogP contribution >= 0.6 is 0 Å². The summed E-state index contributed by atoms with van der Waals surface area (Å²) < 4.78 is 12.3.